The SMILES string of the molecule is CCC1CCC2(CC1)NC(=O)N(CC(=O)NC(c1ccc(C(C)CC)cc1)c1cccs1)C2=O. The van der Waals surface area contributed by atoms with Crippen LogP contribution in [-0.4, -0.2) is 34.8 Å². The zero-order valence-electron chi connectivity index (χ0n) is 20.3. The molecular formula is C27H35N3O3S. The summed E-state index contributed by atoms with van der Waals surface area (Å²) in [6, 6.07) is 11.5. The van der Waals surface area contributed by atoms with E-state index in [9.17, 15) is 14.4 Å². The van der Waals surface area contributed by atoms with E-state index in [0.717, 1.165) is 41.0 Å². The smallest absolute Gasteiger partial charge is 0.325 e. The van der Waals surface area contributed by atoms with Crippen LogP contribution >= 0.6 is 11.3 Å². The van der Waals surface area contributed by atoms with Crippen LogP contribution in [0.2, 0.25) is 0 Å². The summed E-state index contributed by atoms with van der Waals surface area (Å²) in [5.74, 6) is 0.481. The normalized spacial score (nSPS) is 24.2. The second kappa shape index (κ2) is 10.3. The molecule has 2 fully saturated rings. The van der Waals surface area contributed by atoms with E-state index in [1.807, 2.05) is 17.5 Å². The molecule has 1 aliphatic heterocycles. The molecule has 1 aliphatic carbocycles. The highest BCUT2D eigenvalue weighted by Gasteiger charge is 2.52. The molecule has 34 heavy (non-hydrogen) atoms. The number of imide groups is 1. The minimum Gasteiger partial charge on any atom is -0.343 e. The lowest BCUT2D eigenvalue weighted by Gasteiger charge is -2.34. The second-order valence-electron chi connectivity index (χ2n) is 9.75. The topological polar surface area (TPSA) is 78.5 Å². The van der Waals surface area contributed by atoms with Crippen molar-refractivity contribution in [1.29, 1.82) is 0 Å². The zero-order valence-corrected chi connectivity index (χ0v) is 21.1. The fourth-order valence-electron chi connectivity index (χ4n) is 5.11. The Labute approximate surface area is 206 Å². The number of nitrogens with one attached hydrogen (secondary N) is 2. The zero-order chi connectivity index (χ0) is 24.3. The number of benzene rings is 1. The lowest BCUT2D eigenvalue weighted by Crippen LogP contribution is -2.50. The van der Waals surface area contributed by atoms with Gasteiger partial charge < -0.3 is 10.6 Å². The van der Waals surface area contributed by atoms with Crippen LogP contribution in [0, 0.1) is 5.92 Å². The minimum absolute atomic E-state index is 0.257. The summed E-state index contributed by atoms with van der Waals surface area (Å²) in [7, 11) is 0. The van der Waals surface area contributed by atoms with Crippen molar-refractivity contribution < 1.29 is 14.4 Å². The predicted molar refractivity (Wildman–Crippen MR) is 135 cm³/mol. The minimum atomic E-state index is -0.831. The molecule has 1 saturated carbocycles. The fourth-order valence-corrected chi connectivity index (χ4v) is 5.92. The summed E-state index contributed by atoms with van der Waals surface area (Å²) >= 11 is 1.57. The quantitative estimate of drug-likeness (QED) is 0.498. The first-order chi connectivity index (χ1) is 16.4. The van der Waals surface area contributed by atoms with Gasteiger partial charge in [-0.05, 0) is 66.5 Å². The molecule has 0 radical (unpaired) electrons. The first-order valence-corrected chi connectivity index (χ1v) is 13.3. The first-order valence-electron chi connectivity index (χ1n) is 12.4. The molecule has 0 bridgehead atoms. The summed E-state index contributed by atoms with van der Waals surface area (Å²) in [6.07, 6.45) is 5.30. The number of hydrogen-bond acceptors (Lipinski definition) is 4. The van der Waals surface area contributed by atoms with Crippen molar-refractivity contribution >= 4 is 29.2 Å². The number of nitrogens with zero attached hydrogens (tertiary/aromatic N) is 1. The van der Waals surface area contributed by atoms with Crippen molar-refractivity contribution in [2.75, 3.05) is 6.54 Å². The number of thiophene rings is 1. The van der Waals surface area contributed by atoms with Gasteiger partial charge in [0, 0.05) is 4.88 Å². The van der Waals surface area contributed by atoms with Crippen LogP contribution < -0.4 is 10.6 Å². The molecule has 1 aromatic heterocycles. The molecule has 2 aromatic rings. The van der Waals surface area contributed by atoms with Gasteiger partial charge in [0.05, 0.1) is 6.04 Å². The van der Waals surface area contributed by atoms with Crippen LogP contribution in [-0.2, 0) is 9.59 Å². The maximum atomic E-state index is 13.2. The molecule has 6 nitrogen and oxygen atoms in total. The van der Waals surface area contributed by atoms with E-state index in [1.165, 1.54) is 5.56 Å². The van der Waals surface area contributed by atoms with Crippen LogP contribution in [0.3, 0.4) is 0 Å². The van der Waals surface area contributed by atoms with Crippen molar-refractivity contribution in [2.45, 2.75) is 76.8 Å². The molecule has 2 N–H and O–H groups in total. The van der Waals surface area contributed by atoms with Crippen molar-refractivity contribution in [1.82, 2.24) is 15.5 Å². The Hall–Kier alpha value is -2.67. The molecule has 1 spiro atoms. The van der Waals surface area contributed by atoms with Crippen molar-refractivity contribution in [3.05, 3.63) is 57.8 Å². The number of carbonyl (C=O) groups excluding carboxylic acids is 3. The van der Waals surface area contributed by atoms with Crippen LogP contribution in [0.1, 0.15) is 87.3 Å². The highest BCUT2D eigenvalue weighted by molar-refractivity contribution is 7.10. The molecule has 7 heteroatoms. The van der Waals surface area contributed by atoms with Gasteiger partial charge in [0.1, 0.15) is 12.1 Å². The van der Waals surface area contributed by atoms with Gasteiger partial charge in [0.25, 0.3) is 5.91 Å². The average Bonchev–Trinajstić information content (AvgIpc) is 3.46. The van der Waals surface area contributed by atoms with Gasteiger partial charge in [-0.25, -0.2) is 4.79 Å². The third-order valence-electron chi connectivity index (χ3n) is 7.67. The number of amides is 4. The Morgan fingerprint density at radius 3 is 2.41 bits per heavy atom. The highest BCUT2D eigenvalue weighted by Crippen LogP contribution is 2.37. The molecule has 1 saturated heterocycles. The van der Waals surface area contributed by atoms with E-state index in [0.29, 0.717) is 24.7 Å². The largest absolute Gasteiger partial charge is 0.343 e. The predicted octanol–water partition coefficient (Wildman–Crippen LogP) is 5.36. The molecule has 1 aromatic carbocycles. The highest BCUT2D eigenvalue weighted by atomic mass is 32.1. The van der Waals surface area contributed by atoms with Crippen molar-refractivity contribution in [3.63, 3.8) is 0 Å². The molecule has 4 amide bonds. The van der Waals surface area contributed by atoms with Gasteiger partial charge in [-0.1, -0.05) is 57.5 Å². The summed E-state index contributed by atoms with van der Waals surface area (Å²) in [5, 5.41) is 7.97. The van der Waals surface area contributed by atoms with Crippen molar-refractivity contribution in [2.24, 2.45) is 5.92 Å². The van der Waals surface area contributed by atoms with Crippen molar-refractivity contribution in [3.8, 4) is 0 Å². The van der Waals surface area contributed by atoms with Crippen LogP contribution in [0.25, 0.3) is 0 Å². The fraction of sp³-hybridized carbons (Fsp3) is 0.519. The number of rotatable bonds is 8. The Kier molecular flexibility index (Phi) is 7.41. The molecule has 2 aliphatic rings. The molecule has 182 valence electrons. The van der Waals surface area contributed by atoms with E-state index < -0.39 is 11.6 Å². The number of carbonyl (C=O) groups is 3. The Balaban J connectivity index is 1.46. The van der Waals surface area contributed by atoms with Crippen LogP contribution in [0.5, 0.6) is 0 Å². The van der Waals surface area contributed by atoms with Gasteiger partial charge in [-0.2, -0.15) is 0 Å². The number of hydrogen-bond donors (Lipinski definition) is 2. The second-order valence-corrected chi connectivity index (χ2v) is 10.7. The van der Waals surface area contributed by atoms with Gasteiger partial charge in [-0.15, -0.1) is 11.3 Å². The molecule has 2 atom stereocenters. The summed E-state index contributed by atoms with van der Waals surface area (Å²) in [6.45, 7) is 6.27. The van der Waals surface area contributed by atoms with Gasteiger partial charge >= 0.3 is 6.03 Å². The van der Waals surface area contributed by atoms with E-state index in [-0.39, 0.29) is 24.4 Å². The average molecular weight is 482 g/mol. The first kappa shape index (κ1) is 24.5. The monoisotopic (exact) mass is 481 g/mol. The standard InChI is InChI=1S/C27H35N3O3S/c1-4-18(3)20-8-10-21(11-9-20)24(22-7-6-16-34-22)28-23(31)17-30-25(32)27(29-26(30)33)14-12-19(5-2)13-15-27/h6-11,16,18-19,24H,4-5,12-15,17H2,1-3H3,(H,28,31)(H,29,33). The molecule has 2 unspecified atom stereocenters. The lowest BCUT2D eigenvalue weighted by molar-refractivity contribution is -0.136. The maximum absolute atomic E-state index is 13.2. The van der Waals surface area contributed by atoms with Gasteiger partial charge in [0.2, 0.25) is 5.91 Å². The molecule has 2 heterocycles. The van der Waals surface area contributed by atoms with E-state index in [4.69, 9.17) is 0 Å². The summed E-state index contributed by atoms with van der Waals surface area (Å²) in [4.78, 5) is 41.1. The van der Waals surface area contributed by atoms with Gasteiger partial charge in [-0.3, -0.25) is 14.5 Å². The maximum Gasteiger partial charge on any atom is 0.325 e. The van der Waals surface area contributed by atoms with Crippen LogP contribution in [0.15, 0.2) is 41.8 Å². The Morgan fingerprint density at radius 1 is 1.15 bits per heavy atom. The Morgan fingerprint density at radius 2 is 1.82 bits per heavy atom. The third kappa shape index (κ3) is 4.90. The van der Waals surface area contributed by atoms with E-state index in [1.54, 1.807) is 11.3 Å². The third-order valence-corrected chi connectivity index (χ3v) is 8.61. The summed E-state index contributed by atoms with van der Waals surface area (Å²) in [5.41, 5.74) is 1.42. The molecular weight excluding hydrogens is 446 g/mol. The van der Waals surface area contributed by atoms with Gasteiger partial charge in [0.15, 0.2) is 0 Å². The van der Waals surface area contributed by atoms with E-state index in [2.05, 4.69) is 55.7 Å². The number of urea groups is 1. The van der Waals surface area contributed by atoms with Crippen LogP contribution in [0.4, 0.5) is 4.79 Å². The van der Waals surface area contributed by atoms with E-state index >= 15 is 0 Å². The lowest BCUT2D eigenvalue weighted by atomic mass is 9.75. The summed E-state index contributed by atoms with van der Waals surface area (Å²) < 4.78 is 0. The Bertz CT molecular complexity index is 1010. The molecule has 4 rings (SSSR count).